The van der Waals surface area contributed by atoms with Crippen LogP contribution in [0.2, 0.25) is 5.02 Å². The van der Waals surface area contributed by atoms with E-state index in [1.165, 1.54) is 0 Å². The van der Waals surface area contributed by atoms with Crippen molar-refractivity contribution in [1.29, 1.82) is 0 Å². The standard InChI is InChI=1S/C18H18ClN7/c19-14-2-4-15(5-3-14)23-16-6-9-22-24-17(16)25-10-12-26(13-11-25)18-20-7-1-8-21-18/h1-9H,10-13H2,(H,22,23). The summed E-state index contributed by atoms with van der Waals surface area (Å²) in [5, 5.41) is 12.5. The Morgan fingerprint density at radius 1 is 0.846 bits per heavy atom. The highest BCUT2D eigenvalue weighted by atomic mass is 35.5. The molecular formula is C18H18ClN7. The highest BCUT2D eigenvalue weighted by Gasteiger charge is 2.22. The maximum atomic E-state index is 5.96. The number of nitrogens with zero attached hydrogens (tertiary/aromatic N) is 6. The van der Waals surface area contributed by atoms with Gasteiger partial charge in [0.2, 0.25) is 5.95 Å². The third-order valence-corrected chi connectivity index (χ3v) is 4.49. The van der Waals surface area contributed by atoms with Gasteiger partial charge in [-0.15, -0.1) is 5.10 Å². The Labute approximate surface area is 156 Å². The van der Waals surface area contributed by atoms with Crippen molar-refractivity contribution in [3.63, 3.8) is 0 Å². The van der Waals surface area contributed by atoms with Gasteiger partial charge in [-0.2, -0.15) is 5.10 Å². The molecule has 1 aromatic carbocycles. The van der Waals surface area contributed by atoms with Gasteiger partial charge >= 0.3 is 0 Å². The van der Waals surface area contributed by atoms with Crippen LogP contribution < -0.4 is 15.1 Å². The van der Waals surface area contributed by atoms with Crippen LogP contribution in [0.1, 0.15) is 0 Å². The second-order valence-electron chi connectivity index (χ2n) is 5.92. The molecule has 0 bridgehead atoms. The number of piperazine rings is 1. The molecule has 0 atom stereocenters. The molecule has 26 heavy (non-hydrogen) atoms. The van der Waals surface area contributed by atoms with E-state index in [2.05, 4.69) is 35.3 Å². The van der Waals surface area contributed by atoms with E-state index < -0.39 is 0 Å². The lowest BCUT2D eigenvalue weighted by atomic mass is 10.2. The Morgan fingerprint density at radius 2 is 1.54 bits per heavy atom. The molecule has 1 aliphatic rings. The number of benzene rings is 1. The fourth-order valence-corrected chi connectivity index (χ4v) is 3.04. The molecule has 3 heterocycles. The third-order valence-electron chi connectivity index (χ3n) is 4.24. The zero-order valence-corrected chi connectivity index (χ0v) is 14.8. The van der Waals surface area contributed by atoms with Crippen molar-refractivity contribution in [1.82, 2.24) is 20.2 Å². The summed E-state index contributed by atoms with van der Waals surface area (Å²) in [6, 6.07) is 11.4. The van der Waals surface area contributed by atoms with E-state index in [1.807, 2.05) is 36.4 Å². The number of halogens is 1. The van der Waals surface area contributed by atoms with E-state index in [9.17, 15) is 0 Å². The zero-order chi connectivity index (χ0) is 17.8. The average molecular weight is 368 g/mol. The van der Waals surface area contributed by atoms with Crippen LogP contribution in [0.15, 0.2) is 55.0 Å². The average Bonchev–Trinajstić information content (AvgIpc) is 2.71. The first-order valence-electron chi connectivity index (χ1n) is 8.41. The smallest absolute Gasteiger partial charge is 0.225 e. The van der Waals surface area contributed by atoms with Gasteiger partial charge in [-0.3, -0.25) is 0 Å². The van der Waals surface area contributed by atoms with Crippen molar-refractivity contribution in [3.05, 3.63) is 60.0 Å². The maximum absolute atomic E-state index is 5.96. The summed E-state index contributed by atoms with van der Waals surface area (Å²) >= 11 is 5.96. The maximum Gasteiger partial charge on any atom is 0.225 e. The largest absolute Gasteiger partial charge is 0.352 e. The molecule has 0 amide bonds. The van der Waals surface area contributed by atoms with Crippen molar-refractivity contribution in [2.45, 2.75) is 0 Å². The summed E-state index contributed by atoms with van der Waals surface area (Å²) in [5.41, 5.74) is 1.88. The molecule has 3 aromatic rings. The highest BCUT2D eigenvalue weighted by Crippen LogP contribution is 2.27. The predicted molar refractivity (Wildman–Crippen MR) is 103 cm³/mol. The molecule has 0 saturated carbocycles. The van der Waals surface area contributed by atoms with Crippen molar-refractivity contribution in [3.8, 4) is 0 Å². The zero-order valence-electron chi connectivity index (χ0n) is 14.1. The van der Waals surface area contributed by atoms with Crippen LogP contribution in [0.4, 0.5) is 23.1 Å². The molecular weight excluding hydrogens is 350 g/mol. The predicted octanol–water partition coefficient (Wildman–Crippen LogP) is 2.99. The van der Waals surface area contributed by atoms with Gasteiger partial charge in [-0.05, 0) is 36.4 Å². The fourth-order valence-electron chi connectivity index (χ4n) is 2.92. The molecule has 2 aromatic heterocycles. The number of nitrogens with one attached hydrogen (secondary N) is 1. The van der Waals surface area contributed by atoms with Crippen LogP contribution >= 0.6 is 11.6 Å². The van der Waals surface area contributed by atoms with Crippen LogP contribution in [0.5, 0.6) is 0 Å². The molecule has 7 nitrogen and oxygen atoms in total. The summed E-state index contributed by atoms with van der Waals surface area (Å²) in [6.45, 7) is 3.32. The molecule has 1 aliphatic heterocycles. The van der Waals surface area contributed by atoms with Gasteiger partial charge < -0.3 is 15.1 Å². The van der Waals surface area contributed by atoms with Crippen molar-refractivity contribution < 1.29 is 0 Å². The van der Waals surface area contributed by atoms with Crippen LogP contribution in [-0.2, 0) is 0 Å². The molecule has 0 aliphatic carbocycles. The van der Waals surface area contributed by atoms with Crippen molar-refractivity contribution in [2.75, 3.05) is 41.3 Å². The number of hydrogen-bond donors (Lipinski definition) is 1. The fraction of sp³-hybridized carbons (Fsp3) is 0.222. The first-order valence-corrected chi connectivity index (χ1v) is 8.78. The van der Waals surface area contributed by atoms with Gasteiger partial charge in [0.25, 0.3) is 0 Å². The molecule has 8 heteroatoms. The highest BCUT2D eigenvalue weighted by molar-refractivity contribution is 6.30. The van der Waals surface area contributed by atoms with Gasteiger partial charge in [0, 0.05) is 49.3 Å². The molecule has 0 unspecified atom stereocenters. The topological polar surface area (TPSA) is 70.1 Å². The lowest BCUT2D eigenvalue weighted by molar-refractivity contribution is 0.632. The Morgan fingerprint density at radius 3 is 2.27 bits per heavy atom. The van der Waals surface area contributed by atoms with Gasteiger partial charge in [0.05, 0.1) is 11.9 Å². The second-order valence-corrected chi connectivity index (χ2v) is 6.36. The summed E-state index contributed by atoms with van der Waals surface area (Å²) in [6.07, 6.45) is 5.23. The minimum atomic E-state index is 0.711. The molecule has 132 valence electrons. The Balaban J connectivity index is 1.48. The van der Waals surface area contributed by atoms with E-state index in [0.717, 1.165) is 49.3 Å². The molecule has 1 saturated heterocycles. The van der Waals surface area contributed by atoms with Crippen LogP contribution in [0, 0.1) is 0 Å². The van der Waals surface area contributed by atoms with E-state index in [1.54, 1.807) is 18.6 Å². The van der Waals surface area contributed by atoms with E-state index >= 15 is 0 Å². The van der Waals surface area contributed by atoms with Crippen LogP contribution in [0.25, 0.3) is 0 Å². The quantitative estimate of drug-likeness (QED) is 0.760. The normalized spacial score (nSPS) is 14.3. The summed E-state index contributed by atoms with van der Waals surface area (Å²) < 4.78 is 0. The first-order chi connectivity index (χ1) is 12.8. The molecule has 4 rings (SSSR count). The first kappa shape index (κ1) is 16.5. The second kappa shape index (κ2) is 7.53. The lowest BCUT2D eigenvalue weighted by Gasteiger charge is -2.35. The third kappa shape index (κ3) is 3.67. The Kier molecular flexibility index (Phi) is 4.79. The van der Waals surface area contributed by atoms with E-state index in [4.69, 9.17) is 11.6 Å². The monoisotopic (exact) mass is 367 g/mol. The molecule has 0 radical (unpaired) electrons. The molecule has 0 spiro atoms. The number of rotatable bonds is 4. The summed E-state index contributed by atoms with van der Waals surface area (Å²) in [4.78, 5) is 13.1. The number of aromatic nitrogens is 4. The molecule has 1 N–H and O–H groups in total. The Bertz CT molecular complexity index is 849. The van der Waals surface area contributed by atoms with E-state index in [-0.39, 0.29) is 0 Å². The van der Waals surface area contributed by atoms with Gasteiger partial charge in [-0.1, -0.05) is 11.6 Å². The van der Waals surface area contributed by atoms with Crippen LogP contribution in [0.3, 0.4) is 0 Å². The SMILES string of the molecule is Clc1ccc(Nc2ccnnc2N2CCN(c3ncccn3)CC2)cc1. The van der Waals surface area contributed by atoms with Crippen molar-refractivity contribution in [2.24, 2.45) is 0 Å². The van der Waals surface area contributed by atoms with Gasteiger partial charge in [0.15, 0.2) is 5.82 Å². The number of hydrogen-bond acceptors (Lipinski definition) is 7. The molecule has 1 fully saturated rings. The number of anilines is 4. The minimum absolute atomic E-state index is 0.711. The summed E-state index contributed by atoms with van der Waals surface area (Å²) in [5.74, 6) is 1.61. The van der Waals surface area contributed by atoms with E-state index in [0.29, 0.717) is 5.02 Å². The van der Waals surface area contributed by atoms with Gasteiger partial charge in [0.1, 0.15) is 0 Å². The lowest BCUT2D eigenvalue weighted by Crippen LogP contribution is -2.47. The summed E-state index contributed by atoms with van der Waals surface area (Å²) in [7, 11) is 0. The van der Waals surface area contributed by atoms with Gasteiger partial charge in [-0.25, -0.2) is 9.97 Å². The Hall–Kier alpha value is -2.93. The van der Waals surface area contributed by atoms with Crippen LogP contribution in [-0.4, -0.2) is 46.3 Å². The van der Waals surface area contributed by atoms with Crippen molar-refractivity contribution >= 4 is 34.7 Å². The minimum Gasteiger partial charge on any atom is -0.352 e.